The topological polar surface area (TPSA) is 30.7 Å². The van der Waals surface area contributed by atoms with E-state index in [1.807, 2.05) is 24.4 Å². The number of halogens is 1. The Bertz CT molecular complexity index is 762. The van der Waals surface area contributed by atoms with Gasteiger partial charge in [-0.1, -0.05) is 18.2 Å². The van der Waals surface area contributed by atoms with Crippen LogP contribution in [0.2, 0.25) is 0 Å². The number of para-hydroxylation sites is 1. The Morgan fingerprint density at radius 3 is 2.65 bits per heavy atom. The number of aromatic nitrogens is 3. The van der Waals surface area contributed by atoms with Gasteiger partial charge in [0.15, 0.2) is 0 Å². The maximum atomic E-state index is 6.06. The molecular weight excluding hydrogens is 270 g/mol. The van der Waals surface area contributed by atoms with Crippen LogP contribution in [0.5, 0.6) is 0 Å². The number of pyridine rings is 1. The first-order chi connectivity index (χ1) is 9.70. The molecule has 2 aromatic heterocycles. The van der Waals surface area contributed by atoms with Crippen molar-refractivity contribution in [3.8, 4) is 0 Å². The zero-order chi connectivity index (χ0) is 14.1. The molecule has 0 radical (unpaired) electrons. The molecule has 0 aliphatic heterocycles. The van der Waals surface area contributed by atoms with Crippen molar-refractivity contribution in [3.63, 3.8) is 0 Å². The molecule has 0 unspecified atom stereocenters. The summed E-state index contributed by atoms with van der Waals surface area (Å²) in [6.07, 6.45) is 1.83. The Kier molecular flexibility index (Phi) is 3.45. The number of alkyl halides is 1. The van der Waals surface area contributed by atoms with Gasteiger partial charge in [-0.05, 0) is 37.1 Å². The molecule has 0 aliphatic rings. The van der Waals surface area contributed by atoms with Crippen LogP contribution in [0.3, 0.4) is 0 Å². The summed E-state index contributed by atoms with van der Waals surface area (Å²) in [4.78, 5) is 9.09. The van der Waals surface area contributed by atoms with Gasteiger partial charge >= 0.3 is 0 Å². The molecule has 0 bridgehead atoms. The molecule has 3 nitrogen and oxygen atoms in total. The highest BCUT2D eigenvalue weighted by atomic mass is 35.5. The highest BCUT2D eigenvalue weighted by molar-refractivity contribution is 6.16. The molecule has 0 amide bonds. The summed E-state index contributed by atoms with van der Waals surface area (Å²) < 4.78 is 2.17. The van der Waals surface area contributed by atoms with Crippen LogP contribution in [-0.4, -0.2) is 14.5 Å². The van der Waals surface area contributed by atoms with Crippen molar-refractivity contribution in [2.75, 3.05) is 0 Å². The Morgan fingerprint density at radius 1 is 1.10 bits per heavy atom. The molecule has 0 atom stereocenters. The minimum atomic E-state index is 0.403. The third-order valence-electron chi connectivity index (χ3n) is 3.59. The number of hydrogen-bond acceptors (Lipinski definition) is 2. The minimum Gasteiger partial charge on any atom is -0.321 e. The lowest BCUT2D eigenvalue weighted by molar-refractivity contribution is 0.751. The van der Waals surface area contributed by atoms with Gasteiger partial charge in [-0.25, -0.2) is 4.98 Å². The zero-order valence-electron chi connectivity index (χ0n) is 11.6. The molecular formula is C16H16ClN3. The SMILES string of the molecule is Cc1cccnc1Cn1c(CCl)nc2cccc(C)c21. The summed E-state index contributed by atoms with van der Waals surface area (Å²) in [6.45, 7) is 4.88. The molecule has 102 valence electrons. The van der Waals surface area contributed by atoms with E-state index in [4.69, 9.17) is 11.6 Å². The van der Waals surface area contributed by atoms with Gasteiger partial charge in [0, 0.05) is 6.20 Å². The molecule has 0 saturated heterocycles. The van der Waals surface area contributed by atoms with Gasteiger partial charge < -0.3 is 4.57 Å². The Balaban J connectivity index is 2.17. The molecule has 0 N–H and O–H groups in total. The number of benzene rings is 1. The van der Waals surface area contributed by atoms with Gasteiger partial charge in [0.2, 0.25) is 0 Å². The van der Waals surface area contributed by atoms with Gasteiger partial charge in [-0.2, -0.15) is 0 Å². The molecule has 3 aromatic rings. The molecule has 1 aromatic carbocycles. The van der Waals surface area contributed by atoms with E-state index in [1.54, 1.807) is 0 Å². The molecule has 20 heavy (non-hydrogen) atoms. The van der Waals surface area contributed by atoms with E-state index in [9.17, 15) is 0 Å². The number of fused-ring (bicyclic) bond motifs is 1. The molecule has 0 fully saturated rings. The van der Waals surface area contributed by atoms with Crippen LogP contribution < -0.4 is 0 Å². The van der Waals surface area contributed by atoms with Crippen molar-refractivity contribution < 1.29 is 0 Å². The fourth-order valence-corrected chi connectivity index (χ4v) is 2.72. The lowest BCUT2D eigenvalue weighted by Crippen LogP contribution is -2.07. The van der Waals surface area contributed by atoms with Gasteiger partial charge in [0.25, 0.3) is 0 Å². The van der Waals surface area contributed by atoms with Crippen molar-refractivity contribution in [1.29, 1.82) is 0 Å². The summed E-state index contributed by atoms with van der Waals surface area (Å²) >= 11 is 6.06. The minimum absolute atomic E-state index is 0.403. The highest BCUT2D eigenvalue weighted by Gasteiger charge is 2.13. The Hall–Kier alpha value is -1.87. The van der Waals surface area contributed by atoms with E-state index in [0.717, 1.165) is 22.6 Å². The molecule has 0 aliphatic carbocycles. The van der Waals surface area contributed by atoms with Crippen molar-refractivity contribution in [1.82, 2.24) is 14.5 Å². The fourth-order valence-electron chi connectivity index (χ4n) is 2.52. The van der Waals surface area contributed by atoms with Crippen LogP contribution in [0.4, 0.5) is 0 Å². The normalized spacial score (nSPS) is 11.2. The predicted octanol–water partition coefficient (Wildman–Crippen LogP) is 3.84. The van der Waals surface area contributed by atoms with Gasteiger partial charge in [-0.3, -0.25) is 4.98 Å². The Morgan fingerprint density at radius 2 is 1.90 bits per heavy atom. The highest BCUT2D eigenvalue weighted by Crippen LogP contribution is 2.22. The number of hydrogen-bond donors (Lipinski definition) is 0. The third kappa shape index (κ3) is 2.18. The summed E-state index contributed by atoms with van der Waals surface area (Å²) in [5.41, 5.74) is 5.59. The standard InChI is InChI=1S/C16H16ClN3/c1-11-6-4-8-18-14(11)10-20-15(9-17)19-13-7-3-5-12(2)16(13)20/h3-8H,9-10H2,1-2H3. The van der Waals surface area contributed by atoms with E-state index < -0.39 is 0 Å². The molecule has 4 heteroatoms. The largest absolute Gasteiger partial charge is 0.321 e. The lowest BCUT2D eigenvalue weighted by Gasteiger charge is -2.10. The zero-order valence-corrected chi connectivity index (χ0v) is 12.4. The first-order valence-corrected chi connectivity index (χ1v) is 7.15. The number of aryl methyl sites for hydroxylation is 2. The van der Waals surface area contributed by atoms with Crippen molar-refractivity contribution in [2.45, 2.75) is 26.3 Å². The molecule has 0 spiro atoms. The van der Waals surface area contributed by atoms with E-state index >= 15 is 0 Å². The first-order valence-electron chi connectivity index (χ1n) is 6.62. The second-order valence-electron chi connectivity index (χ2n) is 4.96. The quantitative estimate of drug-likeness (QED) is 0.685. The first kappa shape index (κ1) is 13.1. The second kappa shape index (κ2) is 5.25. The van der Waals surface area contributed by atoms with Gasteiger partial charge in [-0.15, -0.1) is 11.6 Å². The maximum absolute atomic E-state index is 6.06. The maximum Gasteiger partial charge on any atom is 0.125 e. The van der Waals surface area contributed by atoms with Crippen LogP contribution in [0, 0.1) is 13.8 Å². The van der Waals surface area contributed by atoms with Crippen LogP contribution in [0.1, 0.15) is 22.6 Å². The number of imidazole rings is 1. The summed E-state index contributed by atoms with van der Waals surface area (Å²) in [6, 6.07) is 10.2. The summed E-state index contributed by atoms with van der Waals surface area (Å²) in [7, 11) is 0. The average molecular weight is 286 g/mol. The monoisotopic (exact) mass is 285 g/mol. The van der Waals surface area contributed by atoms with Crippen molar-refractivity contribution in [2.24, 2.45) is 0 Å². The van der Waals surface area contributed by atoms with E-state index in [-0.39, 0.29) is 0 Å². The Labute approximate surface area is 123 Å². The van der Waals surface area contributed by atoms with E-state index in [0.29, 0.717) is 12.4 Å². The molecule has 0 saturated carbocycles. The van der Waals surface area contributed by atoms with Crippen LogP contribution in [0.15, 0.2) is 36.5 Å². The average Bonchev–Trinajstić information content (AvgIpc) is 2.81. The second-order valence-corrected chi connectivity index (χ2v) is 5.22. The number of rotatable bonds is 3. The predicted molar refractivity (Wildman–Crippen MR) is 82.1 cm³/mol. The van der Waals surface area contributed by atoms with Gasteiger partial charge in [0.1, 0.15) is 5.82 Å². The smallest absolute Gasteiger partial charge is 0.125 e. The summed E-state index contributed by atoms with van der Waals surface area (Å²) in [5, 5.41) is 0. The molecule has 2 heterocycles. The van der Waals surface area contributed by atoms with E-state index in [2.05, 4.69) is 40.5 Å². The van der Waals surface area contributed by atoms with Crippen LogP contribution in [-0.2, 0) is 12.4 Å². The fraction of sp³-hybridized carbons (Fsp3) is 0.250. The third-order valence-corrected chi connectivity index (χ3v) is 3.83. The summed E-state index contributed by atoms with van der Waals surface area (Å²) in [5.74, 6) is 1.29. The van der Waals surface area contributed by atoms with Crippen molar-refractivity contribution >= 4 is 22.6 Å². The number of nitrogens with zero attached hydrogens (tertiary/aromatic N) is 3. The van der Waals surface area contributed by atoms with E-state index in [1.165, 1.54) is 11.1 Å². The van der Waals surface area contributed by atoms with Crippen molar-refractivity contribution in [3.05, 3.63) is 59.2 Å². The lowest BCUT2D eigenvalue weighted by atomic mass is 10.2. The van der Waals surface area contributed by atoms with Gasteiger partial charge in [0.05, 0.1) is 29.2 Å². The molecule has 3 rings (SSSR count). The van der Waals surface area contributed by atoms with Crippen LogP contribution in [0.25, 0.3) is 11.0 Å². The van der Waals surface area contributed by atoms with Crippen LogP contribution >= 0.6 is 11.6 Å².